The topological polar surface area (TPSA) is 106 Å². The quantitative estimate of drug-likeness (QED) is 0.331. The molecule has 0 fully saturated rings. The number of thioether (sulfide) groups is 1. The van der Waals surface area contributed by atoms with E-state index in [-0.39, 0.29) is 5.69 Å². The third-order valence-electron chi connectivity index (χ3n) is 2.90. The van der Waals surface area contributed by atoms with Gasteiger partial charge in [-0.05, 0) is 37.7 Å². The normalized spacial score (nSPS) is 13.7. The molecule has 0 saturated carbocycles. The number of nitrogens with two attached hydrogens (primary N) is 1. The fourth-order valence-corrected chi connectivity index (χ4v) is 2.47. The second kappa shape index (κ2) is 7.25. The van der Waals surface area contributed by atoms with Crippen molar-refractivity contribution in [3.05, 3.63) is 34.4 Å². The Bertz CT molecular complexity index is 474. The van der Waals surface area contributed by atoms with Crippen LogP contribution in [0, 0.1) is 10.1 Å². The molecular weight excluding hydrogens is 280 g/mol. The lowest BCUT2D eigenvalue weighted by molar-refractivity contribution is -0.384. The van der Waals surface area contributed by atoms with Gasteiger partial charge in [0.05, 0.1) is 4.92 Å². The van der Waals surface area contributed by atoms with Gasteiger partial charge in [-0.25, -0.2) is 0 Å². The van der Waals surface area contributed by atoms with Gasteiger partial charge in [0, 0.05) is 17.0 Å². The van der Waals surface area contributed by atoms with Crippen LogP contribution in [0.25, 0.3) is 0 Å². The molecule has 0 radical (unpaired) electrons. The van der Waals surface area contributed by atoms with Crippen LogP contribution in [0.5, 0.6) is 0 Å². The summed E-state index contributed by atoms with van der Waals surface area (Å²) < 4.78 is 0. The third-order valence-corrected chi connectivity index (χ3v) is 3.99. The molecule has 0 spiro atoms. The molecule has 20 heavy (non-hydrogen) atoms. The second-order valence-corrected chi connectivity index (χ2v) is 5.95. The van der Waals surface area contributed by atoms with Gasteiger partial charge in [0.25, 0.3) is 5.69 Å². The predicted molar refractivity (Wildman–Crippen MR) is 77.9 cm³/mol. The van der Waals surface area contributed by atoms with E-state index < -0.39 is 16.4 Å². The molecule has 0 aliphatic heterocycles. The van der Waals surface area contributed by atoms with E-state index in [1.807, 2.05) is 0 Å². The first kappa shape index (κ1) is 16.5. The zero-order valence-corrected chi connectivity index (χ0v) is 12.1. The minimum Gasteiger partial charge on any atom is -0.480 e. The number of rotatable bonds is 8. The fraction of sp³-hybridized carbons (Fsp3) is 0.462. The summed E-state index contributed by atoms with van der Waals surface area (Å²) in [6.07, 6.45) is 2.02. The largest absolute Gasteiger partial charge is 0.480 e. The summed E-state index contributed by atoms with van der Waals surface area (Å²) in [6.45, 7) is 1.51. The number of benzene rings is 1. The summed E-state index contributed by atoms with van der Waals surface area (Å²) in [6, 6.07) is 6.38. The molecular formula is C13H18N2O4S. The number of hydrogen-bond acceptors (Lipinski definition) is 5. The first-order valence-corrected chi connectivity index (χ1v) is 7.21. The summed E-state index contributed by atoms with van der Waals surface area (Å²) in [5.74, 6) is -0.159. The number of nitro groups is 1. The number of carboxylic acids is 1. The molecule has 1 atom stereocenters. The van der Waals surface area contributed by atoms with E-state index in [1.54, 1.807) is 23.9 Å². The highest BCUT2D eigenvalue weighted by Gasteiger charge is 2.26. The lowest BCUT2D eigenvalue weighted by atomic mass is 9.97. The summed E-state index contributed by atoms with van der Waals surface area (Å²) in [5.41, 5.74) is 4.54. The summed E-state index contributed by atoms with van der Waals surface area (Å²) >= 11 is 1.59. The van der Waals surface area contributed by atoms with Crippen molar-refractivity contribution in [2.24, 2.45) is 5.73 Å². The highest BCUT2D eigenvalue weighted by atomic mass is 32.2. The number of hydrogen-bond donors (Lipinski definition) is 2. The Kier molecular flexibility index (Phi) is 5.97. The molecule has 7 heteroatoms. The average Bonchev–Trinajstić information content (AvgIpc) is 2.38. The summed E-state index contributed by atoms with van der Waals surface area (Å²) in [7, 11) is 0. The maximum atomic E-state index is 10.8. The number of unbranched alkanes of at least 4 members (excludes halogenated alkanes) is 1. The summed E-state index contributed by atoms with van der Waals surface area (Å²) in [5, 5.41) is 19.4. The lowest BCUT2D eigenvalue weighted by Gasteiger charge is -2.18. The Morgan fingerprint density at radius 3 is 2.50 bits per heavy atom. The standard InChI is InChI=1S/C13H18N2O4S/c1-13(14,12(16)17)8-2-3-9-20-11-6-4-10(5-7-11)15(18)19/h4-7H,2-3,8-9,14H2,1H3,(H,16,17). The maximum absolute atomic E-state index is 10.8. The van der Waals surface area contributed by atoms with Gasteiger partial charge in [-0.2, -0.15) is 0 Å². The van der Waals surface area contributed by atoms with E-state index in [4.69, 9.17) is 10.8 Å². The zero-order valence-electron chi connectivity index (χ0n) is 11.2. The monoisotopic (exact) mass is 298 g/mol. The van der Waals surface area contributed by atoms with Gasteiger partial charge in [-0.3, -0.25) is 14.9 Å². The molecule has 0 aliphatic rings. The molecule has 3 N–H and O–H groups in total. The lowest BCUT2D eigenvalue weighted by Crippen LogP contribution is -2.44. The molecule has 110 valence electrons. The van der Waals surface area contributed by atoms with Gasteiger partial charge < -0.3 is 10.8 Å². The van der Waals surface area contributed by atoms with Crippen LogP contribution in [0.3, 0.4) is 0 Å². The van der Waals surface area contributed by atoms with Gasteiger partial charge in [0.1, 0.15) is 5.54 Å². The molecule has 0 saturated heterocycles. The van der Waals surface area contributed by atoms with E-state index in [0.29, 0.717) is 6.42 Å². The van der Waals surface area contributed by atoms with Crippen molar-refractivity contribution in [1.29, 1.82) is 0 Å². The number of carbonyl (C=O) groups is 1. The number of carboxylic acid groups (broad SMARTS) is 1. The number of non-ortho nitro benzene ring substituents is 1. The first-order chi connectivity index (χ1) is 9.33. The van der Waals surface area contributed by atoms with Crippen LogP contribution < -0.4 is 5.73 Å². The minimum atomic E-state index is -1.17. The molecule has 1 rings (SSSR count). The van der Waals surface area contributed by atoms with Crippen LogP contribution in [-0.2, 0) is 4.79 Å². The van der Waals surface area contributed by atoms with Gasteiger partial charge >= 0.3 is 5.97 Å². The zero-order chi connectivity index (χ0) is 15.2. The average molecular weight is 298 g/mol. The highest BCUT2D eigenvalue weighted by Crippen LogP contribution is 2.23. The number of aliphatic carboxylic acids is 1. The molecule has 6 nitrogen and oxygen atoms in total. The SMILES string of the molecule is CC(N)(CCCCSc1ccc([N+](=O)[O-])cc1)C(=O)O. The Balaban J connectivity index is 2.28. The van der Waals surface area contributed by atoms with Crippen molar-refractivity contribution in [3.8, 4) is 0 Å². The Morgan fingerprint density at radius 2 is 2.00 bits per heavy atom. The molecule has 0 amide bonds. The van der Waals surface area contributed by atoms with E-state index in [1.165, 1.54) is 19.1 Å². The third kappa shape index (κ3) is 5.18. The molecule has 1 aromatic carbocycles. The van der Waals surface area contributed by atoms with Crippen molar-refractivity contribution < 1.29 is 14.8 Å². The van der Waals surface area contributed by atoms with Gasteiger partial charge in [0.2, 0.25) is 0 Å². The molecule has 1 aromatic rings. The van der Waals surface area contributed by atoms with Crippen LogP contribution in [0.2, 0.25) is 0 Å². The van der Waals surface area contributed by atoms with Gasteiger partial charge in [0.15, 0.2) is 0 Å². The van der Waals surface area contributed by atoms with Crippen LogP contribution in [0.15, 0.2) is 29.2 Å². The van der Waals surface area contributed by atoms with E-state index in [2.05, 4.69) is 0 Å². The molecule has 0 heterocycles. The van der Waals surface area contributed by atoms with Crippen LogP contribution in [-0.4, -0.2) is 27.3 Å². The smallest absolute Gasteiger partial charge is 0.323 e. The molecule has 0 aliphatic carbocycles. The summed E-state index contributed by atoms with van der Waals surface area (Å²) in [4.78, 5) is 21.8. The molecule has 0 aromatic heterocycles. The van der Waals surface area contributed by atoms with Gasteiger partial charge in [-0.15, -0.1) is 11.8 Å². The highest BCUT2D eigenvalue weighted by molar-refractivity contribution is 7.99. The van der Waals surface area contributed by atoms with E-state index in [0.717, 1.165) is 23.5 Å². The van der Waals surface area contributed by atoms with Crippen LogP contribution in [0.4, 0.5) is 5.69 Å². The Labute approximate surface area is 121 Å². The van der Waals surface area contributed by atoms with Crippen LogP contribution in [0.1, 0.15) is 26.2 Å². The molecule has 0 bridgehead atoms. The Morgan fingerprint density at radius 1 is 1.40 bits per heavy atom. The van der Waals surface area contributed by atoms with Crippen molar-refractivity contribution in [1.82, 2.24) is 0 Å². The molecule has 1 unspecified atom stereocenters. The predicted octanol–water partition coefficient (Wildman–Crippen LogP) is 2.66. The van der Waals surface area contributed by atoms with Crippen molar-refractivity contribution in [3.63, 3.8) is 0 Å². The fourth-order valence-electron chi connectivity index (χ4n) is 1.56. The van der Waals surface area contributed by atoms with Crippen molar-refractivity contribution in [2.45, 2.75) is 36.6 Å². The van der Waals surface area contributed by atoms with Crippen molar-refractivity contribution in [2.75, 3.05) is 5.75 Å². The maximum Gasteiger partial charge on any atom is 0.323 e. The minimum absolute atomic E-state index is 0.0784. The first-order valence-electron chi connectivity index (χ1n) is 6.22. The van der Waals surface area contributed by atoms with E-state index in [9.17, 15) is 14.9 Å². The number of nitro benzene ring substituents is 1. The second-order valence-electron chi connectivity index (χ2n) is 4.78. The van der Waals surface area contributed by atoms with E-state index >= 15 is 0 Å². The van der Waals surface area contributed by atoms with Crippen LogP contribution >= 0.6 is 11.8 Å². The van der Waals surface area contributed by atoms with Gasteiger partial charge in [-0.1, -0.05) is 6.42 Å². The van der Waals surface area contributed by atoms with Crippen molar-refractivity contribution >= 4 is 23.4 Å². The number of nitrogens with zero attached hydrogens (tertiary/aromatic N) is 1. The Hall–Kier alpha value is -1.60.